The van der Waals surface area contributed by atoms with Gasteiger partial charge in [0.25, 0.3) is 0 Å². The van der Waals surface area contributed by atoms with E-state index in [9.17, 15) is 4.79 Å². The minimum atomic E-state index is 0.0191. The number of piperazine rings is 1. The van der Waals surface area contributed by atoms with Crippen molar-refractivity contribution in [3.05, 3.63) is 41.5 Å². The molecule has 2 heterocycles. The Morgan fingerprint density at radius 2 is 2.03 bits per heavy atom. The Hall–Kier alpha value is -2.87. The molecule has 1 amide bonds. The average Bonchev–Trinajstić information content (AvgIpc) is 3.17. The number of benzene rings is 1. The monoisotopic (exact) mass is 413 g/mol. The molecule has 0 bridgehead atoms. The summed E-state index contributed by atoms with van der Waals surface area (Å²) < 4.78 is 11.2. The minimum absolute atomic E-state index is 0.0191. The van der Waals surface area contributed by atoms with Crippen molar-refractivity contribution < 1.29 is 14.3 Å². The third kappa shape index (κ3) is 6.06. The summed E-state index contributed by atoms with van der Waals surface area (Å²) in [5, 5.41) is 7.04. The quantitative estimate of drug-likeness (QED) is 0.503. The molecule has 0 saturated carbocycles. The van der Waals surface area contributed by atoms with E-state index in [4.69, 9.17) is 9.47 Å². The number of nitrogens with zero attached hydrogens (tertiary/aromatic N) is 4. The number of aromatic nitrogens is 3. The van der Waals surface area contributed by atoms with Gasteiger partial charge in [-0.3, -0.25) is 14.8 Å². The summed E-state index contributed by atoms with van der Waals surface area (Å²) >= 11 is 0. The van der Waals surface area contributed by atoms with Crippen molar-refractivity contribution in [3.8, 4) is 11.5 Å². The molecule has 1 aromatic heterocycles. The van der Waals surface area contributed by atoms with Crippen molar-refractivity contribution in [2.75, 3.05) is 39.9 Å². The molecule has 8 heteroatoms. The lowest BCUT2D eigenvalue weighted by atomic mass is 10.1. The molecule has 0 aliphatic carbocycles. The van der Waals surface area contributed by atoms with Crippen LogP contribution in [0, 0.1) is 6.92 Å². The number of hydrogen-bond donors (Lipinski definition) is 1. The normalized spacial score (nSPS) is 15.0. The second kappa shape index (κ2) is 10.8. The fraction of sp³-hybridized carbons (Fsp3) is 0.500. The number of unbranched alkanes of at least 4 members (excludes halogenated alkanes) is 1. The predicted octanol–water partition coefficient (Wildman–Crippen LogP) is 2.66. The molecule has 0 unspecified atom stereocenters. The maximum Gasteiger partial charge on any atom is 0.246 e. The second-order valence-corrected chi connectivity index (χ2v) is 7.38. The average molecular weight is 414 g/mol. The van der Waals surface area contributed by atoms with E-state index in [0.29, 0.717) is 32.0 Å². The van der Waals surface area contributed by atoms with Crippen LogP contribution in [-0.4, -0.2) is 70.8 Å². The van der Waals surface area contributed by atoms with Gasteiger partial charge in [-0.25, -0.2) is 4.98 Å². The Balaban J connectivity index is 1.50. The van der Waals surface area contributed by atoms with Crippen molar-refractivity contribution in [2.24, 2.45) is 0 Å². The molecule has 0 spiro atoms. The molecule has 162 valence electrons. The number of ether oxygens (including phenoxy) is 2. The first-order chi connectivity index (χ1) is 14.6. The highest BCUT2D eigenvalue weighted by Crippen LogP contribution is 2.28. The molecule has 8 nitrogen and oxygen atoms in total. The van der Waals surface area contributed by atoms with Gasteiger partial charge in [0.1, 0.15) is 5.82 Å². The van der Waals surface area contributed by atoms with Crippen LogP contribution in [0.15, 0.2) is 24.3 Å². The van der Waals surface area contributed by atoms with Gasteiger partial charge in [-0.05, 0) is 37.1 Å². The van der Waals surface area contributed by atoms with E-state index in [0.717, 1.165) is 48.9 Å². The van der Waals surface area contributed by atoms with Crippen LogP contribution in [0.5, 0.6) is 11.5 Å². The van der Waals surface area contributed by atoms with Crippen LogP contribution >= 0.6 is 0 Å². The van der Waals surface area contributed by atoms with E-state index in [1.54, 1.807) is 13.2 Å². The molecule has 1 aromatic carbocycles. The first-order valence-corrected chi connectivity index (χ1v) is 10.5. The number of carbonyl (C=O) groups is 1. The van der Waals surface area contributed by atoms with Crippen LogP contribution in [0.2, 0.25) is 0 Å². The molecule has 1 aliphatic heterocycles. The second-order valence-electron chi connectivity index (χ2n) is 7.38. The summed E-state index contributed by atoms with van der Waals surface area (Å²) in [7, 11) is 1.62. The van der Waals surface area contributed by atoms with Gasteiger partial charge in [0.05, 0.1) is 20.3 Å². The molecule has 0 radical (unpaired) electrons. The number of H-pyrrole nitrogens is 1. The number of aromatic amines is 1. The molecule has 1 N–H and O–H groups in total. The van der Waals surface area contributed by atoms with Gasteiger partial charge in [-0.15, -0.1) is 0 Å². The number of methoxy groups -OCH3 is 1. The van der Waals surface area contributed by atoms with Crippen LogP contribution in [0.25, 0.3) is 6.08 Å². The Labute approximate surface area is 177 Å². The zero-order chi connectivity index (χ0) is 21.3. The van der Waals surface area contributed by atoms with Crippen molar-refractivity contribution in [3.63, 3.8) is 0 Å². The van der Waals surface area contributed by atoms with Gasteiger partial charge in [-0.1, -0.05) is 19.4 Å². The highest BCUT2D eigenvalue weighted by molar-refractivity contribution is 5.92. The largest absolute Gasteiger partial charge is 0.493 e. The molecule has 0 atom stereocenters. The summed E-state index contributed by atoms with van der Waals surface area (Å²) in [6.45, 7) is 8.40. The van der Waals surface area contributed by atoms with E-state index in [1.807, 2.05) is 36.1 Å². The number of hydrogen-bond acceptors (Lipinski definition) is 6. The number of nitrogens with one attached hydrogen (secondary N) is 1. The lowest BCUT2D eigenvalue weighted by Crippen LogP contribution is -2.47. The number of aryl methyl sites for hydroxylation is 1. The standard InChI is InChI=1S/C22H31N5O3/c1-4-5-14-30-19-8-6-18(15-20(19)29-3)7-9-22(28)27-12-10-26(11-13-27)16-21-23-17(2)24-25-21/h6-9,15H,4-5,10-14,16H2,1-3H3,(H,23,24,25)/b9-7+. The molecule has 1 fully saturated rings. The lowest BCUT2D eigenvalue weighted by Gasteiger charge is -2.33. The van der Waals surface area contributed by atoms with E-state index in [1.165, 1.54) is 0 Å². The van der Waals surface area contributed by atoms with Crippen LogP contribution < -0.4 is 9.47 Å². The topological polar surface area (TPSA) is 83.6 Å². The van der Waals surface area contributed by atoms with Crippen LogP contribution in [0.1, 0.15) is 37.0 Å². The van der Waals surface area contributed by atoms with Crippen LogP contribution in [0.4, 0.5) is 0 Å². The van der Waals surface area contributed by atoms with Gasteiger partial charge < -0.3 is 14.4 Å². The van der Waals surface area contributed by atoms with E-state index in [-0.39, 0.29) is 5.91 Å². The van der Waals surface area contributed by atoms with Crippen molar-refractivity contribution in [1.29, 1.82) is 0 Å². The minimum Gasteiger partial charge on any atom is -0.493 e. The van der Waals surface area contributed by atoms with Gasteiger partial charge in [-0.2, -0.15) is 5.10 Å². The lowest BCUT2D eigenvalue weighted by molar-refractivity contribution is -0.127. The molecular weight excluding hydrogens is 382 g/mol. The highest BCUT2D eigenvalue weighted by atomic mass is 16.5. The van der Waals surface area contributed by atoms with Crippen molar-refractivity contribution in [1.82, 2.24) is 25.0 Å². The van der Waals surface area contributed by atoms with E-state index >= 15 is 0 Å². The van der Waals surface area contributed by atoms with Gasteiger partial charge in [0, 0.05) is 32.3 Å². The van der Waals surface area contributed by atoms with Gasteiger partial charge >= 0.3 is 0 Å². The predicted molar refractivity (Wildman–Crippen MR) is 115 cm³/mol. The Bertz CT molecular complexity index is 856. The van der Waals surface area contributed by atoms with Crippen molar-refractivity contribution in [2.45, 2.75) is 33.2 Å². The highest BCUT2D eigenvalue weighted by Gasteiger charge is 2.20. The molecular formula is C22H31N5O3. The summed E-state index contributed by atoms with van der Waals surface area (Å²) in [4.78, 5) is 21.0. The number of carbonyl (C=O) groups excluding carboxylic acids is 1. The maximum absolute atomic E-state index is 12.6. The van der Waals surface area contributed by atoms with Crippen LogP contribution in [0.3, 0.4) is 0 Å². The first-order valence-electron chi connectivity index (χ1n) is 10.5. The third-order valence-corrected chi connectivity index (χ3v) is 5.05. The summed E-state index contributed by atoms with van der Waals surface area (Å²) in [6.07, 6.45) is 5.54. The fourth-order valence-corrected chi connectivity index (χ4v) is 3.29. The number of rotatable bonds is 9. The Morgan fingerprint density at radius 1 is 1.23 bits per heavy atom. The third-order valence-electron chi connectivity index (χ3n) is 5.05. The number of amides is 1. The van der Waals surface area contributed by atoms with E-state index < -0.39 is 0 Å². The summed E-state index contributed by atoms with van der Waals surface area (Å²) in [6, 6.07) is 5.72. The zero-order valence-electron chi connectivity index (χ0n) is 18.1. The van der Waals surface area contributed by atoms with Crippen LogP contribution in [-0.2, 0) is 11.3 Å². The maximum atomic E-state index is 12.6. The fourth-order valence-electron chi connectivity index (χ4n) is 3.29. The Morgan fingerprint density at radius 3 is 2.70 bits per heavy atom. The van der Waals surface area contributed by atoms with Crippen molar-refractivity contribution >= 4 is 12.0 Å². The summed E-state index contributed by atoms with van der Waals surface area (Å²) in [5.74, 6) is 3.04. The molecule has 1 saturated heterocycles. The SMILES string of the molecule is CCCCOc1ccc(/C=C/C(=O)N2CCN(Cc3n[nH]c(C)n3)CC2)cc1OC. The smallest absolute Gasteiger partial charge is 0.246 e. The zero-order valence-corrected chi connectivity index (χ0v) is 18.1. The first kappa shape index (κ1) is 21.8. The van der Waals surface area contributed by atoms with Gasteiger partial charge in [0.2, 0.25) is 5.91 Å². The molecule has 1 aliphatic rings. The Kier molecular flexibility index (Phi) is 7.84. The summed E-state index contributed by atoms with van der Waals surface area (Å²) in [5.41, 5.74) is 0.904. The molecule has 2 aromatic rings. The molecule has 30 heavy (non-hydrogen) atoms. The van der Waals surface area contributed by atoms with E-state index in [2.05, 4.69) is 27.0 Å². The van der Waals surface area contributed by atoms with Gasteiger partial charge in [0.15, 0.2) is 17.3 Å². The molecule has 3 rings (SSSR count).